The molecule has 22 heteroatoms. The second-order valence-electron chi connectivity index (χ2n) is 13.0. The molecule has 3 aliphatic heterocycles. The summed E-state index contributed by atoms with van der Waals surface area (Å²) in [6.45, 7) is 0.878. The molecule has 56 heavy (non-hydrogen) atoms. The number of carbonyl (C=O) groups is 5. The zero-order valence-electron chi connectivity index (χ0n) is 30.1. The van der Waals surface area contributed by atoms with Crippen LogP contribution in [-0.4, -0.2) is 161 Å². The maximum Gasteiger partial charge on any atom is 0.352 e. The van der Waals surface area contributed by atoms with Crippen LogP contribution in [0.5, 0.6) is 0 Å². The number of carbonyl (C=O) groups excluding carboxylic acids is 3. The van der Waals surface area contributed by atoms with Gasteiger partial charge in [-0.25, -0.2) is 14.0 Å². The number of carboxylic acid groups (broad SMARTS) is 2. The van der Waals surface area contributed by atoms with E-state index >= 15 is 4.39 Å². The van der Waals surface area contributed by atoms with E-state index in [1.54, 1.807) is 4.57 Å². The molecule has 4 aliphatic rings. The molecule has 3 aromatic rings. The van der Waals surface area contributed by atoms with E-state index in [-0.39, 0.29) is 127 Å². The fourth-order valence-corrected chi connectivity index (χ4v) is 10.1. The number of carboxylic acids is 2. The number of fused-ring (bicyclic) bond motifs is 2. The summed E-state index contributed by atoms with van der Waals surface area (Å²) >= 11 is 16.0. The van der Waals surface area contributed by atoms with Crippen LogP contribution >= 0.6 is 58.7 Å². The van der Waals surface area contributed by atoms with Crippen LogP contribution in [0.1, 0.15) is 40.5 Å². The second kappa shape index (κ2) is 18.9. The van der Waals surface area contributed by atoms with Gasteiger partial charge >= 0.3 is 11.9 Å². The predicted octanol–water partition coefficient (Wildman–Crippen LogP) is 2.41. The van der Waals surface area contributed by atoms with Crippen molar-refractivity contribution in [2.75, 3.05) is 36.0 Å². The summed E-state index contributed by atoms with van der Waals surface area (Å²) in [5, 5.41) is 29.4. The van der Waals surface area contributed by atoms with Crippen molar-refractivity contribution in [3.05, 3.63) is 72.5 Å². The molecule has 286 valence electrons. The molecule has 1 aromatic carbocycles. The normalized spacial score (nSPS) is 20.0. The number of pyridine rings is 1. The molecule has 0 bridgehead atoms. The van der Waals surface area contributed by atoms with Gasteiger partial charge in [0, 0.05) is 95.1 Å². The molecule has 3 amide bonds. The zero-order valence-corrected chi connectivity index (χ0v) is 38.2. The SMILES string of the molecule is O=C(Cc1cccs1)NC1C(=O)N2C(C(=O)O)=C(CNC(=S)SCC(=O)N(c3c(F)cc4c(=O)c(C(=O)O)cn(C5CC5)c4c3Cl)C3CCNC3)CSC12.[Na].[Na]. The smallest absolute Gasteiger partial charge is 0.352 e. The Hall–Kier alpha value is -2.01. The number of thioether (sulfide) groups is 2. The number of nitrogens with zero attached hydrogens (tertiary/aromatic N) is 3. The molecule has 7 rings (SSSR count). The van der Waals surface area contributed by atoms with Gasteiger partial charge in [0.15, 0.2) is 0 Å². The molecular weight excluding hydrogens is 849 g/mol. The molecule has 0 spiro atoms. The van der Waals surface area contributed by atoms with Crippen molar-refractivity contribution in [2.45, 2.75) is 49.2 Å². The molecule has 3 fully saturated rings. The average molecular weight is 881 g/mol. The minimum absolute atomic E-state index is 0. The summed E-state index contributed by atoms with van der Waals surface area (Å²) in [6, 6.07) is 3.11. The standard InChI is InChI=1S/C34H32ClFN6O8S4.2Na/c35-24-27-19(29(45)20(32(47)48)12-40(27)16-3-4-16)9-21(36)28(24)41(17-5-6-37-11-17)23(44)14-54-34(51)38-10-15-13-53-31-25(30(46)42(31)26(15)33(49)50)39-22(43)8-18-2-1-7-52-18;;/h1-2,7,9,12,16-17,25,31,37H,3-6,8,10-11,13-14H2,(H,38,51)(H,39,43)(H,47,48)(H,49,50);;. The van der Waals surface area contributed by atoms with Crippen LogP contribution in [-0.2, 0) is 25.6 Å². The number of β-lactam (4-membered cyclic amide) rings is 1. The van der Waals surface area contributed by atoms with Crippen molar-refractivity contribution in [1.82, 2.24) is 25.4 Å². The van der Waals surface area contributed by atoms with E-state index < -0.39 is 58.0 Å². The number of thiocarbonyl (C=S) groups is 1. The van der Waals surface area contributed by atoms with Crippen molar-refractivity contribution >= 4 is 168 Å². The Morgan fingerprint density at radius 3 is 2.52 bits per heavy atom. The Morgan fingerprint density at radius 2 is 1.89 bits per heavy atom. The minimum Gasteiger partial charge on any atom is -0.477 e. The predicted molar refractivity (Wildman–Crippen MR) is 219 cm³/mol. The van der Waals surface area contributed by atoms with Gasteiger partial charge in [0.2, 0.25) is 17.2 Å². The maximum absolute atomic E-state index is 16.0. The second-order valence-corrected chi connectivity index (χ2v) is 17.2. The van der Waals surface area contributed by atoms with E-state index in [1.807, 2.05) is 17.5 Å². The van der Waals surface area contributed by atoms with Crippen LogP contribution in [0.3, 0.4) is 0 Å². The molecule has 2 radical (unpaired) electrons. The minimum atomic E-state index is -1.44. The fourth-order valence-electron chi connectivity index (χ4n) is 6.86. The third-order valence-corrected chi connectivity index (χ3v) is 13.4. The molecule has 5 heterocycles. The van der Waals surface area contributed by atoms with Crippen LogP contribution in [0.15, 0.2) is 45.8 Å². The number of nitrogens with one attached hydrogen (secondary N) is 3. The first-order chi connectivity index (χ1) is 25.8. The number of hydrogen-bond donors (Lipinski definition) is 5. The van der Waals surface area contributed by atoms with E-state index in [0.29, 0.717) is 37.9 Å². The Bertz CT molecular complexity index is 2200. The Morgan fingerprint density at radius 1 is 1.14 bits per heavy atom. The molecule has 3 atom stereocenters. The summed E-state index contributed by atoms with van der Waals surface area (Å²) < 4.78 is 17.8. The molecule has 1 aliphatic carbocycles. The number of aromatic nitrogens is 1. The van der Waals surface area contributed by atoms with Gasteiger partial charge in [-0.05, 0) is 48.9 Å². The molecule has 2 saturated heterocycles. The van der Waals surface area contributed by atoms with Gasteiger partial charge in [-0.15, -0.1) is 23.1 Å². The first kappa shape index (κ1) is 45.1. The summed E-state index contributed by atoms with van der Waals surface area (Å²) in [6.07, 6.45) is 3.25. The summed E-state index contributed by atoms with van der Waals surface area (Å²) in [4.78, 5) is 80.1. The van der Waals surface area contributed by atoms with E-state index in [9.17, 15) is 39.0 Å². The number of hydrogen-bond acceptors (Lipinski definition) is 11. The molecule has 2 aromatic heterocycles. The van der Waals surface area contributed by atoms with E-state index in [1.165, 1.54) is 39.1 Å². The van der Waals surface area contributed by atoms with Gasteiger partial charge in [-0.3, -0.25) is 24.1 Å². The van der Waals surface area contributed by atoms with Gasteiger partial charge in [-0.1, -0.05) is 41.6 Å². The van der Waals surface area contributed by atoms with Crippen molar-refractivity contribution in [3.63, 3.8) is 0 Å². The molecule has 1 saturated carbocycles. The largest absolute Gasteiger partial charge is 0.477 e. The molecule has 5 N–H and O–H groups in total. The number of thiophene rings is 1. The van der Waals surface area contributed by atoms with Crippen molar-refractivity contribution in [3.8, 4) is 0 Å². The maximum atomic E-state index is 16.0. The van der Waals surface area contributed by atoms with Crippen LogP contribution in [0.2, 0.25) is 5.02 Å². The van der Waals surface area contributed by atoms with Gasteiger partial charge in [0.25, 0.3) is 5.91 Å². The van der Waals surface area contributed by atoms with Crippen LogP contribution in [0.4, 0.5) is 10.1 Å². The number of aromatic carboxylic acids is 1. The molecule has 3 unspecified atom stereocenters. The summed E-state index contributed by atoms with van der Waals surface area (Å²) in [5.41, 5.74) is -1.24. The summed E-state index contributed by atoms with van der Waals surface area (Å²) in [5.74, 6) is -5.08. The van der Waals surface area contributed by atoms with E-state index in [0.717, 1.165) is 22.7 Å². The van der Waals surface area contributed by atoms with Crippen LogP contribution in [0, 0.1) is 5.82 Å². The van der Waals surface area contributed by atoms with E-state index in [2.05, 4.69) is 16.0 Å². The fraction of sp³-hybridized carbons (Fsp3) is 0.382. The average Bonchev–Trinajstić information content (AvgIpc) is 3.58. The van der Waals surface area contributed by atoms with E-state index in [4.69, 9.17) is 23.8 Å². The van der Waals surface area contributed by atoms with Crippen molar-refractivity contribution in [1.29, 1.82) is 0 Å². The number of benzene rings is 1. The van der Waals surface area contributed by atoms with Gasteiger partial charge < -0.3 is 35.6 Å². The van der Waals surface area contributed by atoms with Gasteiger partial charge in [-0.2, -0.15) is 0 Å². The molecular formula is C34H32ClFN6Na2O8S4. The zero-order chi connectivity index (χ0) is 38.4. The molecule has 14 nitrogen and oxygen atoms in total. The quantitative estimate of drug-likeness (QED) is 0.101. The van der Waals surface area contributed by atoms with Gasteiger partial charge in [0.1, 0.15) is 38.5 Å². The first-order valence-electron chi connectivity index (χ1n) is 16.8. The number of anilines is 1. The summed E-state index contributed by atoms with van der Waals surface area (Å²) in [7, 11) is 0. The third kappa shape index (κ3) is 9.08. The Balaban J connectivity index is 0.00000300. The van der Waals surface area contributed by atoms with Crippen LogP contribution < -0.4 is 26.3 Å². The van der Waals surface area contributed by atoms with Gasteiger partial charge in [0.05, 0.1) is 34.1 Å². The Kier molecular flexibility index (Phi) is 15.2. The Labute approximate surface area is 386 Å². The first-order valence-corrected chi connectivity index (χ1v) is 20.5. The van der Waals surface area contributed by atoms with Crippen molar-refractivity contribution < 1.29 is 38.6 Å². The monoisotopic (exact) mass is 880 g/mol. The number of halogens is 2. The number of rotatable bonds is 12. The number of amides is 3. The van der Waals surface area contributed by atoms with Crippen LogP contribution in [0.25, 0.3) is 10.9 Å². The van der Waals surface area contributed by atoms with Crippen molar-refractivity contribution in [2.24, 2.45) is 0 Å². The number of aliphatic carboxylic acids is 1. The topological polar surface area (TPSA) is 190 Å². The third-order valence-electron chi connectivity index (χ3n) is 9.52.